The van der Waals surface area contributed by atoms with Gasteiger partial charge in [-0.2, -0.15) is 0 Å². The van der Waals surface area contributed by atoms with Gasteiger partial charge in [0.1, 0.15) is 0 Å². The standard InChI is InChI=1S/C10H14N2O3/c1-7-5-11-6-8(7)10(14)12-4-3-9(13)15-2/h5-6,11H,3-4H2,1-2H3,(H,12,14). The Morgan fingerprint density at radius 2 is 2.20 bits per heavy atom. The Balaban J connectivity index is 2.38. The summed E-state index contributed by atoms with van der Waals surface area (Å²) in [4.78, 5) is 25.1. The second-order valence-electron chi connectivity index (χ2n) is 3.13. The maximum Gasteiger partial charge on any atom is 0.307 e. The van der Waals surface area contributed by atoms with E-state index in [9.17, 15) is 9.59 Å². The van der Waals surface area contributed by atoms with E-state index in [0.717, 1.165) is 5.56 Å². The summed E-state index contributed by atoms with van der Waals surface area (Å²) in [5.74, 6) is -0.515. The fourth-order valence-corrected chi connectivity index (χ4v) is 1.16. The monoisotopic (exact) mass is 210 g/mol. The van der Waals surface area contributed by atoms with E-state index in [1.807, 2.05) is 6.92 Å². The van der Waals surface area contributed by atoms with Gasteiger partial charge >= 0.3 is 5.97 Å². The number of aromatic nitrogens is 1. The molecule has 2 N–H and O–H groups in total. The molecule has 0 aliphatic heterocycles. The number of aromatic amines is 1. The summed E-state index contributed by atoms with van der Waals surface area (Å²) in [6.45, 7) is 2.13. The van der Waals surface area contributed by atoms with Crippen LogP contribution in [0.2, 0.25) is 0 Å². The molecule has 0 aliphatic carbocycles. The van der Waals surface area contributed by atoms with Crippen LogP contribution < -0.4 is 5.32 Å². The van der Waals surface area contributed by atoms with E-state index in [1.165, 1.54) is 7.11 Å². The van der Waals surface area contributed by atoms with E-state index in [1.54, 1.807) is 12.4 Å². The highest BCUT2D eigenvalue weighted by molar-refractivity contribution is 5.95. The minimum Gasteiger partial charge on any atom is -0.469 e. The SMILES string of the molecule is COC(=O)CCNC(=O)c1c[nH]cc1C. The van der Waals surface area contributed by atoms with Gasteiger partial charge in [-0.25, -0.2) is 0 Å². The molecule has 1 rings (SSSR count). The van der Waals surface area contributed by atoms with Gasteiger partial charge in [-0.3, -0.25) is 9.59 Å². The van der Waals surface area contributed by atoms with Gasteiger partial charge in [-0.1, -0.05) is 0 Å². The Kier molecular flexibility index (Phi) is 3.91. The van der Waals surface area contributed by atoms with Crippen molar-refractivity contribution in [3.8, 4) is 0 Å². The number of hydrogen-bond acceptors (Lipinski definition) is 3. The molecule has 0 atom stereocenters. The molecule has 1 amide bonds. The van der Waals surface area contributed by atoms with Crippen LogP contribution in [-0.2, 0) is 9.53 Å². The van der Waals surface area contributed by atoms with Crippen LogP contribution in [0, 0.1) is 6.92 Å². The first-order chi connectivity index (χ1) is 7.15. The van der Waals surface area contributed by atoms with E-state index >= 15 is 0 Å². The number of hydrogen-bond donors (Lipinski definition) is 2. The van der Waals surface area contributed by atoms with Crippen molar-refractivity contribution >= 4 is 11.9 Å². The van der Waals surface area contributed by atoms with Crippen LogP contribution in [0.4, 0.5) is 0 Å². The summed E-state index contributed by atoms with van der Waals surface area (Å²) in [5.41, 5.74) is 1.48. The number of nitrogens with one attached hydrogen (secondary N) is 2. The number of ether oxygens (including phenoxy) is 1. The van der Waals surface area contributed by atoms with Crippen molar-refractivity contribution in [2.45, 2.75) is 13.3 Å². The summed E-state index contributed by atoms with van der Waals surface area (Å²) in [6.07, 6.45) is 3.56. The van der Waals surface area contributed by atoms with Gasteiger partial charge in [0, 0.05) is 18.9 Å². The third-order valence-electron chi connectivity index (χ3n) is 2.04. The number of H-pyrrole nitrogens is 1. The van der Waals surface area contributed by atoms with E-state index in [2.05, 4.69) is 15.0 Å². The third-order valence-corrected chi connectivity index (χ3v) is 2.04. The molecule has 0 spiro atoms. The Morgan fingerprint density at radius 1 is 1.47 bits per heavy atom. The number of carbonyl (C=O) groups is 2. The molecule has 0 radical (unpaired) electrons. The van der Waals surface area contributed by atoms with Crippen LogP contribution in [0.1, 0.15) is 22.3 Å². The Bertz CT molecular complexity index is 357. The van der Waals surface area contributed by atoms with Gasteiger partial charge in [-0.15, -0.1) is 0 Å². The molecular weight excluding hydrogens is 196 g/mol. The first-order valence-electron chi connectivity index (χ1n) is 4.63. The van der Waals surface area contributed by atoms with Gasteiger partial charge < -0.3 is 15.0 Å². The molecule has 0 saturated carbocycles. The van der Waals surface area contributed by atoms with Crippen LogP contribution >= 0.6 is 0 Å². The fourth-order valence-electron chi connectivity index (χ4n) is 1.16. The Morgan fingerprint density at radius 3 is 2.73 bits per heavy atom. The molecule has 1 heterocycles. The molecule has 1 aromatic rings. The molecule has 5 heteroatoms. The molecule has 0 fully saturated rings. The van der Waals surface area contributed by atoms with Crippen LogP contribution in [0.15, 0.2) is 12.4 Å². The molecule has 5 nitrogen and oxygen atoms in total. The van der Waals surface area contributed by atoms with Crippen molar-refractivity contribution in [2.75, 3.05) is 13.7 Å². The summed E-state index contributed by atoms with van der Waals surface area (Å²) in [5, 5.41) is 2.63. The topological polar surface area (TPSA) is 71.2 Å². The Labute approximate surface area is 87.8 Å². The normalized spacial score (nSPS) is 9.73. The molecular formula is C10H14N2O3. The zero-order valence-electron chi connectivity index (χ0n) is 8.79. The average Bonchev–Trinajstić information content (AvgIpc) is 2.64. The third kappa shape index (κ3) is 3.12. The first-order valence-corrected chi connectivity index (χ1v) is 4.63. The second kappa shape index (κ2) is 5.19. The van der Waals surface area contributed by atoms with Crippen LogP contribution in [-0.4, -0.2) is 30.5 Å². The quantitative estimate of drug-likeness (QED) is 0.715. The predicted octanol–water partition coefficient (Wildman–Crippen LogP) is 0.616. The van der Waals surface area contributed by atoms with E-state index in [0.29, 0.717) is 5.56 Å². The molecule has 82 valence electrons. The molecule has 0 bridgehead atoms. The van der Waals surface area contributed by atoms with Crippen LogP contribution in [0.5, 0.6) is 0 Å². The van der Waals surface area contributed by atoms with Crippen molar-refractivity contribution in [2.24, 2.45) is 0 Å². The lowest BCUT2D eigenvalue weighted by Gasteiger charge is -2.03. The summed E-state index contributed by atoms with van der Waals surface area (Å²) < 4.78 is 4.45. The zero-order chi connectivity index (χ0) is 11.3. The first kappa shape index (κ1) is 11.3. The van der Waals surface area contributed by atoms with Crippen molar-refractivity contribution in [3.05, 3.63) is 23.5 Å². The molecule has 15 heavy (non-hydrogen) atoms. The van der Waals surface area contributed by atoms with Crippen molar-refractivity contribution in [1.29, 1.82) is 0 Å². The van der Waals surface area contributed by atoms with E-state index in [-0.39, 0.29) is 24.8 Å². The minimum absolute atomic E-state index is 0.183. The van der Waals surface area contributed by atoms with Crippen molar-refractivity contribution in [1.82, 2.24) is 10.3 Å². The highest BCUT2D eigenvalue weighted by Crippen LogP contribution is 2.04. The van der Waals surface area contributed by atoms with Crippen LogP contribution in [0.25, 0.3) is 0 Å². The molecule has 1 aromatic heterocycles. The zero-order valence-corrected chi connectivity index (χ0v) is 8.79. The van der Waals surface area contributed by atoms with Gasteiger partial charge in [-0.05, 0) is 12.5 Å². The largest absolute Gasteiger partial charge is 0.469 e. The maximum absolute atomic E-state index is 11.5. The number of aryl methyl sites for hydroxylation is 1. The van der Waals surface area contributed by atoms with Crippen molar-refractivity contribution in [3.63, 3.8) is 0 Å². The smallest absolute Gasteiger partial charge is 0.307 e. The number of carbonyl (C=O) groups excluding carboxylic acids is 2. The summed E-state index contributed by atoms with van der Waals surface area (Å²) in [7, 11) is 1.32. The fraction of sp³-hybridized carbons (Fsp3) is 0.400. The van der Waals surface area contributed by atoms with Gasteiger partial charge in [0.05, 0.1) is 19.1 Å². The van der Waals surface area contributed by atoms with Gasteiger partial charge in [0.15, 0.2) is 0 Å². The highest BCUT2D eigenvalue weighted by atomic mass is 16.5. The molecule has 0 aliphatic rings. The molecule has 0 saturated heterocycles. The van der Waals surface area contributed by atoms with Gasteiger partial charge in [0.25, 0.3) is 5.91 Å². The lowest BCUT2D eigenvalue weighted by Crippen LogP contribution is -2.26. The highest BCUT2D eigenvalue weighted by Gasteiger charge is 2.09. The average molecular weight is 210 g/mol. The van der Waals surface area contributed by atoms with Gasteiger partial charge in [0.2, 0.25) is 0 Å². The summed E-state index contributed by atoms with van der Waals surface area (Å²) >= 11 is 0. The number of rotatable bonds is 4. The van der Waals surface area contributed by atoms with Crippen LogP contribution in [0.3, 0.4) is 0 Å². The van der Waals surface area contributed by atoms with E-state index < -0.39 is 0 Å². The summed E-state index contributed by atoms with van der Waals surface area (Å²) in [6, 6.07) is 0. The predicted molar refractivity (Wildman–Crippen MR) is 54.5 cm³/mol. The maximum atomic E-state index is 11.5. The second-order valence-corrected chi connectivity index (χ2v) is 3.13. The van der Waals surface area contributed by atoms with E-state index in [4.69, 9.17) is 0 Å². The molecule has 0 unspecified atom stereocenters. The lowest BCUT2D eigenvalue weighted by atomic mass is 10.2. The van der Waals surface area contributed by atoms with Crippen molar-refractivity contribution < 1.29 is 14.3 Å². The Hall–Kier alpha value is -1.78. The molecule has 0 aromatic carbocycles. The number of methoxy groups -OCH3 is 1. The minimum atomic E-state index is -0.332. The number of amides is 1. The number of esters is 1. The lowest BCUT2D eigenvalue weighted by molar-refractivity contribution is -0.140.